The minimum absolute atomic E-state index is 0.114. The summed E-state index contributed by atoms with van der Waals surface area (Å²) in [4.78, 5) is 22.4. The van der Waals surface area contributed by atoms with Crippen molar-refractivity contribution >= 4 is 17.1 Å². The molecule has 0 saturated carbocycles. The van der Waals surface area contributed by atoms with Crippen molar-refractivity contribution in [2.24, 2.45) is 5.92 Å². The lowest BCUT2D eigenvalue weighted by atomic mass is 10.2. The van der Waals surface area contributed by atoms with E-state index < -0.39 is 11.7 Å². The minimum Gasteiger partial charge on any atom is -0.478 e. The Morgan fingerprint density at radius 2 is 2.18 bits per heavy atom. The van der Waals surface area contributed by atoms with Crippen molar-refractivity contribution in [1.82, 2.24) is 4.57 Å². The van der Waals surface area contributed by atoms with E-state index in [9.17, 15) is 9.59 Å². The van der Waals surface area contributed by atoms with Crippen LogP contribution >= 0.6 is 0 Å². The molecule has 1 aromatic heterocycles. The highest BCUT2D eigenvalue weighted by Gasteiger charge is 2.12. The predicted octanol–water partition coefficient (Wildman–Crippen LogP) is 1.95. The maximum absolute atomic E-state index is 11.6. The molecule has 5 heteroatoms. The number of fused-ring (bicyclic) bond motifs is 1. The zero-order valence-electron chi connectivity index (χ0n) is 9.64. The van der Waals surface area contributed by atoms with Crippen molar-refractivity contribution in [1.29, 1.82) is 0 Å². The van der Waals surface area contributed by atoms with Gasteiger partial charge in [-0.3, -0.25) is 4.57 Å². The lowest BCUT2D eigenvalue weighted by molar-refractivity contribution is 0.0697. The van der Waals surface area contributed by atoms with Gasteiger partial charge in [0.1, 0.15) is 0 Å². The molecular formula is C12H13NO4. The predicted molar refractivity (Wildman–Crippen MR) is 62.3 cm³/mol. The number of hydrogen-bond acceptors (Lipinski definition) is 3. The van der Waals surface area contributed by atoms with E-state index in [1.807, 2.05) is 13.8 Å². The number of aromatic nitrogens is 1. The highest BCUT2D eigenvalue weighted by atomic mass is 16.4. The molecule has 0 aliphatic heterocycles. The van der Waals surface area contributed by atoms with Crippen molar-refractivity contribution in [3.05, 3.63) is 34.3 Å². The summed E-state index contributed by atoms with van der Waals surface area (Å²) in [5.74, 6) is -1.17. The molecular weight excluding hydrogens is 222 g/mol. The van der Waals surface area contributed by atoms with E-state index in [1.54, 1.807) is 6.07 Å². The summed E-state index contributed by atoms with van der Waals surface area (Å²) in [6, 6.07) is 4.44. The van der Waals surface area contributed by atoms with Gasteiger partial charge >= 0.3 is 11.7 Å². The van der Waals surface area contributed by atoms with E-state index in [0.29, 0.717) is 23.6 Å². The molecule has 2 rings (SSSR count). The third-order valence-corrected chi connectivity index (χ3v) is 2.46. The second-order valence-corrected chi connectivity index (χ2v) is 4.36. The van der Waals surface area contributed by atoms with Gasteiger partial charge in [-0.25, -0.2) is 9.59 Å². The van der Waals surface area contributed by atoms with Crippen LogP contribution in [0.5, 0.6) is 0 Å². The SMILES string of the molecule is CC(C)Cn1c(=O)oc2cc(C(=O)O)ccc21. The Bertz CT molecular complexity index is 621. The first-order valence-corrected chi connectivity index (χ1v) is 5.35. The summed E-state index contributed by atoms with van der Waals surface area (Å²) >= 11 is 0. The van der Waals surface area contributed by atoms with Crippen LogP contribution in [0.2, 0.25) is 0 Å². The molecule has 0 radical (unpaired) electrons. The van der Waals surface area contributed by atoms with Crippen LogP contribution in [0, 0.1) is 5.92 Å². The van der Waals surface area contributed by atoms with Crippen molar-refractivity contribution in [3.63, 3.8) is 0 Å². The number of benzene rings is 1. The van der Waals surface area contributed by atoms with Gasteiger partial charge in [0.25, 0.3) is 0 Å². The number of rotatable bonds is 3. The number of carbonyl (C=O) groups is 1. The largest absolute Gasteiger partial charge is 0.478 e. The Kier molecular flexibility index (Phi) is 2.75. The second kappa shape index (κ2) is 4.08. The quantitative estimate of drug-likeness (QED) is 0.882. The van der Waals surface area contributed by atoms with E-state index in [0.717, 1.165) is 0 Å². The summed E-state index contributed by atoms with van der Waals surface area (Å²) in [7, 11) is 0. The number of oxazole rings is 1. The first-order chi connectivity index (χ1) is 7.99. The topological polar surface area (TPSA) is 72.4 Å². The lowest BCUT2D eigenvalue weighted by Crippen LogP contribution is -2.17. The van der Waals surface area contributed by atoms with Crippen LogP contribution in [0.3, 0.4) is 0 Å². The molecule has 0 spiro atoms. The number of nitrogens with zero attached hydrogens (tertiary/aromatic N) is 1. The molecule has 2 aromatic rings. The molecule has 0 atom stereocenters. The average molecular weight is 235 g/mol. The third kappa shape index (κ3) is 2.08. The normalized spacial score (nSPS) is 11.2. The Morgan fingerprint density at radius 1 is 1.47 bits per heavy atom. The fraction of sp³-hybridized carbons (Fsp3) is 0.333. The first-order valence-electron chi connectivity index (χ1n) is 5.35. The van der Waals surface area contributed by atoms with Crippen molar-refractivity contribution in [2.45, 2.75) is 20.4 Å². The maximum Gasteiger partial charge on any atom is 0.419 e. The van der Waals surface area contributed by atoms with Crippen LogP contribution in [-0.4, -0.2) is 15.6 Å². The highest BCUT2D eigenvalue weighted by Crippen LogP contribution is 2.16. The average Bonchev–Trinajstić information content (AvgIpc) is 2.54. The molecule has 0 fully saturated rings. The van der Waals surface area contributed by atoms with Gasteiger partial charge < -0.3 is 9.52 Å². The first kappa shape index (κ1) is 11.4. The minimum atomic E-state index is -1.04. The molecule has 0 amide bonds. The Morgan fingerprint density at radius 3 is 2.76 bits per heavy atom. The van der Waals surface area contributed by atoms with E-state index in [1.165, 1.54) is 16.7 Å². The lowest BCUT2D eigenvalue weighted by Gasteiger charge is -2.04. The van der Waals surface area contributed by atoms with E-state index in [-0.39, 0.29) is 5.56 Å². The van der Waals surface area contributed by atoms with Crippen molar-refractivity contribution < 1.29 is 14.3 Å². The molecule has 0 aliphatic carbocycles. The molecule has 0 aliphatic rings. The van der Waals surface area contributed by atoms with Gasteiger partial charge in [-0.15, -0.1) is 0 Å². The van der Waals surface area contributed by atoms with Gasteiger partial charge in [-0.05, 0) is 24.1 Å². The van der Waals surface area contributed by atoms with Crippen LogP contribution in [0.4, 0.5) is 0 Å². The third-order valence-electron chi connectivity index (χ3n) is 2.46. The van der Waals surface area contributed by atoms with Crippen LogP contribution in [0.25, 0.3) is 11.1 Å². The standard InChI is InChI=1S/C12H13NO4/c1-7(2)6-13-9-4-3-8(11(14)15)5-10(9)17-12(13)16/h3-5,7H,6H2,1-2H3,(H,14,15). The Labute approximate surface area is 97.3 Å². The molecule has 0 unspecified atom stereocenters. The molecule has 1 heterocycles. The fourth-order valence-electron chi connectivity index (χ4n) is 1.74. The van der Waals surface area contributed by atoms with Crippen molar-refractivity contribution in [2.75, 3.05) is 0 Å². The summed E-state index contributed by atoms with van der Waals surface area (Å²) in [6.45, 7) is 4.55. The summed E-state index contributed by atoms with van der Waals surface area (Å²) in [6.07, 6.45) is 0. The number of hydrogen-bond donors (Lipinski definition) is 1. The van der Waals surface area contributed by atoms with Crippen LogP contribution in [0.15, 0.2) is 27.4 Å². The fourth-order valence-corrected chi connectivity index (χ4v) is 1.74. The molecule has 0 saturated heterocycles. The number of aromatic carboxylic acids is 1. The molecule has 17 heavy (non-hydrogen) atoms. The van der Waals surface area contributed by atoms with Crippen LogP contribution < -0.4 is 5.76 Å². The maximum atomic E-state index is 11.6. The van der Waals surface area contributed by atoms with Gasteiger partial charge in [0.05, 0.1) is 11.1 Å². The van der Waals surface area contributed by atoms with E-state index >= 15 is 0 Å². The second-order valence-electron chi connectivity index (χ2n) is 4.36. The van der Waals surface area contributed by atoms with Crippen LogP contribution in [0.1, 0.15) is 24.2 Å². The summed E-state index contributed by atoms with van der Waals surface area (Å²) in [5.41, 5.74) is 1.06. The molecule has 0 bridgehead atoms. The number of carboxylic acids is 1. The van der Waals surface area contributed by atoms with Crippen LogP contribution in [-0.2, 0) is 6.54 Å². The zero-order valence-corrected chi connectivity index (χ0v) is 9.64. The molecule has 1 N–H and O–H groups in total. The van der Waals surface area contributed by atoms with Gasteiger partial charge in [0, 0.05) is 6.54 Å². The van der Waals surface area contributed by atoms with Gasteiger partial charge in [-0.2, -0.15) is 0 Å². The summed E-state index contributed by atoms with van der Waals surface area (Å²) < 4.78 is 6.55. The molecule has 5 nitrogen and oxygen atoms in total. The number of carboxylic acid groups (broad SMARTS) is 1. The van der Waals surface area contributed by atoms with Gasteiger partial charge in [0.2, 0.25) is 0 Å². The van der Waals surface area contributed by atoms with E-state index in [2.05, 4.69) is 0 Å². The Balaban J connectivity index is 2.60. The smallest absolute Gasteiger partial charge is 0.419 e. The van der Waals surface area contributed by atoms with Crippen molar-refractivity contribution in [3.8, 4) is 0 Å². The van der Waals surface area contributed by atoms with Gasteiger partial charge in [-0.1, -0.05) is 13.8 Å². The molecule has 1 aromatic carbocycles. The summed E-state index contributed by atoms with van der Waals surface area (Å²) in [5, 5.41) is 8.84. The Hall–Kier alpha value is -2.04. The van der Waals surface area contributed by atoms with E-state index in [4.69, 9.17) is 9.52 Å². The molecule has 90 valence electrons. The zero-order chi connectivity index (χ0) is 12.6. The monoisotopic (exact) mass is 235 g/mol. The van der Waals surface area contributed by atoms with Gasteiger partial charge in [0.15, 0.2) is 5.58 Å². The highest BCUT2D eigenvalue weighted by molar-refractivity contribution is 5.91.